The summed E-state index contributed by atoms with van der Waals surface area (Å²) >= 11 is 0. The third-order valence-electron chi connectivity index (χ3n) is 1.91. The lowest BCUT2D eigenvalue weighted by Crippen LogP contribution is -2.09. The molecule has 70 valence electrons. The van der Waals surface area contributed by atoms with Gasteiger partial charge in [-0.3, -0.25) is 0 Å². The van der Waals surface area contributed by atoms with Gasteiger partial charge < -0.3 is 0 Å². The normalized spacial score (nSPS) is 17.5. The van der Waals surface area contributed by atoms with E-state index in [2.05, 4.69) is 9.97 Å². The Morgan fingerprint density at radius 3 is 2.54 bits per heavy atom. The van der Waals surface area contributed by atoms with Crippen molar-refractivity contribution in [3.63, 3.8) is 0 Å². The summed E-state index contributed by atoms with van der Waals surface area (Å²) in [7, 11) is 0. The average Bonchev–Trinajstić information content (AvgIpc) is 2.85. The van der Waals surface area contributed by atoms with Crippen molar-refractivity contribution < 1.29 is 13.2 Å². The Balaban J connectivity index is 2.32. The summed E-state index contributed by atoms with van der Waals surface area (Å²) in [4.78, 5) is 7.27. The highest BCUT2D eigenvalue weighted by atomic mass is 19.4. The lowest BCUT2D eigenvalue weighted by Gasteiger charge is -2.05. The van der Waals surface area contributed by atoms with Crippen LogP contribution in [0.4, 0.5) is 13.2 Å². The molecule has 1 heterocycles. The number of nitrogens with zero attached hydrogens (tertiary/aromatic N) is 2. The van der Waals surface area contributed by atoms with Crippen LogP contribution in [0.3, 0.4) is 0 Å². The quantitative estimate of drug-likeness (QED) is 0.676. The van der Waals surface area contributed by atoms with Gasteiger partial charge in [-0.05, 0) is 18.9 Å². The second-order valence-corrected chi connectivity index (χ2v) is 3.07. The first kappa shape index (κ1) is 8.47. The molecule has 1 saturated carbocycles. The molecule has 2 rings (SSSR count). The second kappa shape index (κ2) is 2.68. The van der Waals surface area contributed by atoms with E-state index in [9.17, 15) is 13.2 Å². The minimum atomic E-state index is -4.35. The largest absolute Gasteiger partial charge is 0.433 e. The first-order valence-corrected chi connectivity index (χ1v) is 3.97. The number of hydrogen-bond donors (Lipinski definition) is 0. The molecule has 0 atom stereocenters. The molecule has 0 amide bonds. The maximum Gasteiger partial charge on any atom is 0.433 e. The zero-order valence-electron chi connectivity index (χ0n) is 6.67. The molecule has 0 aliphatic heterocycles. The van der Waals surface area contributed by atoms with Crippen molar-refractivity contribution in [2.24, 2.45) is 0 Å². The van der Waals surface area contributed by atoms with Crippen LogP contribution in [-0.2, 0) is 6.18 Å². The fourth-order valence-electron chi connectivity index (χ4n) is 1.07. The van der Waals surface area contributed by atoms with E-state index in [-0.39, 0.29) is 5.92 Å². The van der Waals surface area contributed by atoms with Gasteiger partial charge in [-0.25, -0.2) is 9.97 Å². The van der Waals surface area contributed by atoms with Crippen LogP contribution in [0.2, 0.25) is 0 Å². The van der Waals surface area contributed by atoms with Crippen LogP contribution in [0.25, 0.3) is 0 Å². The van der Waals surface area contributed by atoms with Crippen molar-refractivity contribution in [1.29, 1.82) is 0 Å². The van der Waals surface area contributed by atoms with Crippen LogP contribution in [0.5, 0.6) is 0 Å². The van der Waals surface area contributed by atoms with Gasteiger partial charge in [-0.2, -0.15) is 13.2 Å². The fraction of sp³-hybridized carbons (Fsp3) is 0.500. The number of halogens is 3. The second-order valence-electron chi connectivity index (χ2n) is 3.07. The minimum Gasteiger partial charge on any atom is -0.241 e. The van der Waals surface area contributed by atoms with Crippen LogP contribution in [0, 0.1) is 0 Å². The van der Waals surface area contributed by atoms with E-state index in [1.807, 2.05) is 0 Å². The van der Waals surface area contributed by atoms with Gasteiger partial charge >= 0.3 is 6.18 Å². The maximum absolute atomic E-state index is 12.2. The summed E-state index contributed by atoms with van der Waals surface area (Å²) < 4.78 is 36.5. The fourth-order valence-corrected chi connectivity index (χ4v) is 1.07. The van der Waals surface area contributed by atoms with E-state index < -0.39 is 11.9 Å². The summed E-state index contributed by atoms with van der Waals surface area (Å²) in [6, 6.07) is 0.895. The third-order valence-corrected chi connectivity index (χ3v) is 1.91. The predicted molar refractivity (Wildman–Crippen MR) is 39.0 cm³/mol. The predicted octanol–water partition coefficient (Wildman–Crippen LogP) is 2.37. The van der Waals surface area contributed by atoms with E-state index in [1.165, 1.54) is 6.20 Å². The molecule has 0 aromatic carbocycles. The van der Waals surface area contributed by atoms with Crippen molar-refractivity contribution in [1.82, 2.24) is 9.97 Å². The molecule has 0 spiro atoms. The first-order valence-electron chi connectivity index (χ1n) is 3.97. The van der Waals surface area contributed by atoms with Gasteiger partial charge in [0.25, 0.3) is 0 Å². The number of aromatic nitrogens is 2. The molecule has 0 N–H and O–H groups in total. The maximum atomic E-state index is 12.2. The van der Waals surface area contributed by atoms with E-state index in [1.54, 1.807) is 0 Å². The van der Waals surface area contributed by atoms with Crippen LogP contribution < -0.4 is 0 Å². The number of hydrogen-bond acceptors (Lipinski definition) is 2. The third kappa shape index (κ3) is 1.79. The molecule has 0 unspecified atom stereocenters. The highest BCUT2D eigenvalue weighted by molar-refractivity contribution is 5.11. The summed E-state index contributed by atoms with van der Waals surface area (Å²) in [5.74, 6) is 0.483. The van der Waals surface area contributed by atoms with Crippen LogP contribution in [0.1, 0.15) is 30.3 Å². The van der Waals surface area contributed by atoms with Crippen molar-refractivity contribution >= 4 is 0 Å². The monoisotopic (exact) mass is 188 g/mol. The Morgan fingerprint density at radius 1 is 1.31 bits per heavy atom. The molecule has 2 nitrogen and oxygen atoms in total. The molecule has 1 aromatic heterocycles. The van der Waals surface area contributed by atoms with Crippen molar-refractivity contribution in [2.75, 3.05) is 0 Å². The Kier molecular flexibility index (Phi) is 1.75. The van der Waals surface area contributed by atoms with Gasteiger partial charge in [0.05, 0.1) is 0 Å². The van der Waals surface area contributed by atoms with Gasteiger partial charge in [0, 0.05) is 12.1 Å². The first-order chi connectivity index (χ1) is 6.07. The molecule has 1 aliphatic carbocycles. The van der Waals surface area contributed by atoms with E-state index in [0.29, 0.717) is 5.82 Å². The van der Waals surface area contributed by atoms with Crippen LogP contribution >= 0.6 is 0 Å². The van der Waals surface area contributed by atoms with Gasteiger partial charge in [-0.15, -0.1) is 0 Å². The van der Waals surface area contributed by atoms with E-state index in [4.69, 9.17) is 0 Å². The number of rotatable bonds is 1. The summed E-state index contributed by atoms with van der Waals surface area (Å²) in [5, 5.41) is 0. The SMILES string of the molecule is FC(F)(F)c1ccnc(C2CC2)n1. The average molecular weight is 188 g/mol. The molecule has 1 aliphatic rings. The molecule has 0 bridgehead atoms. The summed E-state index contributed by atoms with van der Waals surface area (Å²) in [6.07, 6.45) is -1.38. The van der Waals surface area contributed by atoms with Crippen LogP contribution in [0.15, 0.2) is 12.3 Å². The molecular formula is C8H7F3N2. The van der Waals surface area contributed by atoms with Crippen molar-refractivity contribution in [3.05, 3.63) is 23.8 Å². The Morgan fingerprint density at radius 2 is 2.00 bits per heavy atom. The van der Waals surface area contributed by atoms with Crippen LogP contribution in [-0.4, -0.2) is 9.97 Å². The van der Waals surface area contributed by atoms with E-state index in [0.717, 1.165) is 18.9 Å². The zero-order valence-corrected chi connectivity index (χ0v) is 6.67. The summed E-state index contributed by atoms with van der Waals surface area (Å²) in [6.45, 7) is 0. The molecule has 5 heteroatoms. The smallest absolute Gasteiger partial charge is 0.241 e. The van der Waals surface area contributed by atoms with Gasteiger partial charge in [0.15, 0.2) is 0 Å². The topological polar surface area (TPSA) is 25.8 Å². The minimum absolute atomic E-state index is 0.155. The molecular weight excluding hydrogens is 181 g/mol. The Hall–Kier alpha value is -1.13. The summed E-state index contributed by atoms with van der Waals surface area (Å²) in [5.41, 5.74) is -0.843. The zero-order chi connectivity index (χ0) is 9.47. The standard InChI is InChI=1S/C8H7F3N2/c9-8(10,11)6-3-4-12-7(13-6)5-1-2-5/h3-5H,1-2H2. The van der Waals surface area contributed by atoms with E-state index >= 15 is 0 Å². The van der Waals surface area contributed by atoms with Gasteiger partial charge in [0.2, 0.25) is 0 Å². The molecule has 0 radical (unpaired) electrons. The van der Waals surface area contributed by atoms with Gasteiger partial charge in [0.1, 0.15) is 11.5 Å². The molecule has 13 heavy (non-hydrogen) atoms. The molecule has 1 aromatic rings. The lowest BCUT2D eigenvalue weighted by molar-refractivity contribution is -0.141. The van der Waals surface area contributed by atoms with Crippen molar-refractivity contribution in [2.45, 2.75) is 24.9 Å². The molecule has 1 fully saturated rings. The highest BCUT2D eigenvalue weighted by Crippen LogP contribution is 2.38. The Labute approximate surface area is 72.8 Å². The van der Waals surface area contributed by atoms with Crippen molar-refractivity contribution in [3.8, 4) is 0 Å². The van der Waals surface area contributed by atoms with Gasteiger partial charge in [-0.1, -0.05) is 0 Å². The Bertz CT molecular complexity index is 317. The molecule has 0 saturated heterocycles. The highest BCUT2D eigenvalue weighted by Gasteiger charge is 2.34. The number of alkyl halides is 3. The lowest BCUT2D eigenvalue weighted by atomic mass is 10.3.